The largest absolute Gasteiger partial charge is 0.384 e. The van der Waals surface area contributed by atoms with Gasteiger partial charge in [-0.05, 0) is 31.4 Å². The Labute approximate surface area is 200 Å². The average Bonchev–Trinajstić information content (AvgIpc) is 2.85. The van der Waals surface area contributed by atoms with Crippen molar-refractivity contribution in [1.29, 1.82) is 0 Å². The Bertz CT molecular complexity index is 1420. The molecular weight excluding hydrogens is 454 g/mol. The number of para-hydroxylation sites is 1. The lowest BCUT2D eigenvalue weighted by atomic mass is 9.95. The number of thioether (sulfide) groups is 1. The Morgan fingerprint density at radius 1 is 1.12 bits per heavy atom. The van der Waals surface area contributed by atoms with Crippen molar-refractivity contribution in [2.75, 3.05) is 11.5 Å². The van der Waals surface area contributed by atoms with Gasteiger partial charge in [-0.3, -0.25) is 28.1 Å². The van der Waals surface area contributed by atoms with Gasteiger partial charge in [0.2, 0.25) is 0 Å². The van der Waals surface area contributed by atoms with Gasteiger partial charge in [0.1, 0.15) is 11.4 Å². The molecule has 0 unspecified atom stereocenters. The number of ketones is 1. The van der Waals surface area contributed by atoms with Crippen molar-refractivity contribution in [2.24, 2.45) is 7.05 Å². The van der Waals surface area contributed by atoms with E-state index in [-0.39, 0.29) is 28.7 Å². The number of nitrogens with zero attached hydrogens (tertiary/aromatic N) is 4. The number of aromatic nitrogens is 4. The van der Waals surface area contributed by atoms with Gasteiger partial charge < -0.3 is 5.73 Å². The maximum Gasteiger partial charge on any atom is 0.332 e. The number of nitrogen functional groups attached to an aromatic ring is 1. The number of fused-ring (bicyclic) bond motifs is 1. The highest BCUT2D eigenvalue weighted by atomic mass is 32.2. The number of hydrogen-bond donors (Lipinski definition) is 1. The molecule has 180 valence electrons. The van der Waals surface area contributed by atoms with Crippen molar-refractivity contribution in [1.82, 2.24) is 18.7 Å². The van der Waals surface area contributed by atoms with Crippen LogP contribution >= 0.6 is 11.8 Å². The SMILES string of the molecule is CCCn1c(N)c(C(=O)CSc2nc3ccccc3c(=O)n2C2CCCCC2)c(=O)n(C)c1=O. The van der Waals surface area contributed by atoms with Gasteiger partial charge in [-0.2, -0.15) is 0 Å². The number of hydrogen-bond acceptors (Lipinski definition) is 7. The van der Waals surface area contributed by atoms with E-state index in [1.54, 1.807) is 16.7 Å². The fourth-order valence-electron chi connectivity index (χ4n) is 4.58. The maximum atomic E-state index is 13.4. The average molecular weight is 484 g/mol. The molecule has 2 aromatic heterocycles. The van der Waals surface area contributed by atoms with E-state index < -0.39 is 17.0 Å². The van der Waals surface area contributed by atoms with E-state index in [1.165, 1.54) is 11.6 Å². The number of carbonyl (C=O) groups is 1. The predicted octanol–water partition coefficient (Wildman–Crippen LogP) is 2.73. The van der Waals surface area contributed by atoms with Crippen LogP contribution < -0.4 is 22.5 Å². The van der Waals surface area contributed by atoms with E-state index in [2.05, 4.69) is 0 Å². The summed E-state index contributed by atoms with van der Waals surface area (Å²) in [4.78, 5) is 56.4. The summed E-state index contributed by atoms with van der Waals surface area (Å²) in [6.07, 6.45) is 5.62. The van der Waals surface area contributed by atoms with E-state index in [0.717, 1.165) is 48.4 Å². The molecule has 0 aliphatic heterocycles. The molecule has 3 aromatic rings. The van der Waals surface area contributed by atoms with Crippen LogP contribution in [-0.4, -0.2) is 30.2 Å². The third-order valence-electron chi connectivity index (χ3n) is 6.36. The zero-order chi connectivity index (χ0) is 24.4. The number of anilines is 1. The molecule has 10 heteroatoms. The molecule has 34 heavy (non-hydrogen) atoms. The lowest BCUT2D eigenvalue weighted by Gasteiger charge is -2.26. The molecule has 1 aliphatic carbocycles. The fourth-order valence-corrected chi connectivity index (χ4v) is 5.51. The zero-order valence-corrected chi connectivity index (χ0v) is 20.3. The van der Waals surface area contributed by atoms with Gasteiger partial charge in [-0.25, -0.2) is 9.78 Å². The molecule has 2 N–H and O–H groups in total. The molecule has 1 saturated carbocycles. The highest BCUT2D eigenvalue weighted by Gasteiger charge is 2.25. The van der Waals surface area contributed by atoms with Gasteiger partial charge in [0.05, 0.1) is 16.7 Å². The number of rotatable bonds is 7. The quantitative estimate of drug-likeness (QED) is 0.311. The number of carbonyl (C=O) groups excluding carboxylic acids is 1. The second-order valence-electron chi connectivity index (χ2n) is 8.65. The third kappa shape index (κ3) is 4.34. The van der Waals surface area contributed by atoms with Crippen LogP contribution in [0.2, 0.25) is 0 Å². The molecule has 1 aliphatic rings. The topological polar surface area (TPSA) is 122 Å². The first kappa shape index (κ1) is 24.0. The molecule has 4 rings (SSSR count). The molecule has 0 spiro atoms. The lowest BCUT2D eigenvalue weighted by molar-refractivity contribution is 0.102. The predicted molar refractivity (Wildman–Crippen MR) is 134 cm³/mol. The van der Waals surface area contributed by atoms with Crippen molar-refractivity contribution in [2.45, 2.75) is 63.2 Å². The van der Waals surface area contributed by atoms with Crippen molar-refractivity contribution < 1.29 is 4.79 Å². The van der Waals surface area contributed by atoms with Gasteiger partial charge in [0.15, 0.2) is 10.9 Å². The van der Waals surface area contributed by atoms with Crippen LogP contribution in [0.1, 0.15) is 61.8 Å². The van der Waals surface area contributed by atoms with Crippen LogP contribution in [0, 0.1) is 0 Å². The summed E-state index contributed by atoms with van der Waals surface area (Å²) < 4.78 is 3.89. The van der Waals surface area contributed by atoms with E-state index >= 15 is 0 Å². The summed E-state index contributed by atoms with van der Waals surface area (Å²) in [5, 5.41) is 1.01. The highest BCUT2D eigenvalue weighted by Crippen LogP contribution is 2.31. The van der Waals surface area contributed by atoms with Gasteiger partial charge in [-0.15, -0.1) is 0 Å². The van der Waals surface area contributed by atoms with E-state index in [4.69, 9.17) is 10.7 Å². The minimum absolute atomic E-state index is 0.0281. The minimum atomic E-state index is -0.711. The Morgan fingerprint density at radius 3 is 2.53 bits per heavy atom. The maximum absolute atomic E-state index is 13.4. The van der Waals surface area contributed by atoms with Gasteiger partial charge >= 0.3 is 5.69 Å². The number of benzene rings is 1. The Kier molecular flexibility index (Phi) is 7.06. The van der Waals surface area contributed by atoms with Crippen LogP contribution in [0.5, 0.6) is 0 Å². The molecule has 1 aromatic carbocycles. The molecule has 0 atom stereocenters. The second-order valence-corrected chi connectivity index (χ2v) is 9.59. The normalized spacial score (nSPS) is 14.5. The Balaban J connectivity index is 1.73. The summed E-state index contributed by atoms with van der Waals surface area (Å²) in [5.41, 5.74) is 5.11. The molecule has 2 heterocycles. The zero-order valence-electron chi connectivity index (χ0n) is 19.5. The van der Waals surface area contributed by atoms with Crippen molar-refractivity contribution in [3.8, 4) is 0 Å². The fraction of sp³-hybridized carbons (Fsp3) is 0.458. The Morgan fingerprint density at radius 2 is 1.82 bits per heavy atom. The van der Waals surface area contributed by atoms with Gasteiger partial charge in [0, 0.05) is 19.6 Å². The summed E-state index contributed by atoms with van der Waals surface area (Å²) in [6.45, 7) is 2.18. The molecule has 0 radical (unpaired) electrons. The molecule has 0 bridgehead atoms. The summed E-state index contributed by atoms with van der Waals surface area (Å²) >= 11 is 1.13. The van der Waals surface area contributed by atoms with E-state index in [1.807, 2.05) is 19.1 Å². The van der Waals surface area contributed by atoms with Crippen molar-refractivity contribution in [3.05, 3.63) is 61.0 Å². The molecule has 0 saturated heterocycles. The number of Topliss-reactive ketones (excluding diaryl/α,β-unsaturated/α-hetero) is 1. The summed E-state index contributed by atoms with van der Waals surface area (Å²) in [7, 11) is 1.34. The number of nitrogens with two attached hydrogens (primary N) is 1. The summed E-state index contributed by atoms with van der Waals surface area (Å²) in [5.74, 6) is -0.733. The molecule has 9 nitrogen and oxygen atoms in total. The first-order valence-corrected chi connectivity index (χ1v) is 12.6. The van der Waals surface area contributed by atoms with Crippen molar-refractivity contribution >= 4 is 34.3 Å². The van der Waals surface area contributed by atoms with Crippen LogP contribution in [0.4, 0.5) is 5.82 Å². The smallest absolute Gasteiger partial charge is 0.332 e. The third-order valence-corrected chi connectivity index (χ3v) is 7.31. The van der Waals surface area contributed by atoms with Crippen LogP contribution in [0.25, 0.3) is 10.9 Å². The second kappa shape index (κ2) is 10.0. The lowest BCUT2D eigenvalue weighted by Crippen LogP contribution is -2.42. The first-order chi connectivity index (χ1) is 16.3. The molecule has 0 amide bonds. The monoisotopic (exact) mass is 483 g/mol. The standard InChI is InChI=1S/C24H29N5O4S/c1-3-13-28-20(25)19(22(32)27(2)24(28)33)18(30)14-34-23-26-17-12-8-7-11-16(17)21(31)29(23)15-9-5-4-6-10-15/h7-8,11-12,15H,3-6,9-10,13-14,25H2,1-2H3. The first-order valence-electron chi connectivity index (χ1n) is 11.6. The highest BCUT2D eigenvalue weighted by molar-refractivity contribution is 7.99. The minimum Gasteiger partial charge on any atom is -0.384 e. The van der Waals surface area contributed by atoms with Crippen molar-refractivity contribution in [3.63, 3.8) is 0 Å². The van der Waals surface area contributed by atoms with Crippen LogP contribution in [-0.2, 0) is 13.6 Å². The van der Waals surface area contributed by atoms with E-state index in [0.29, 0.717) is 29.0 Å². The van der Waals surface area contributed by atoms with E-state index in [9.17, 15) is 19.2 Å². The van der Waals surface area contributed by atoms with Crippen LogP contribution in [0.15, 0.2) is 43.8 Å². The van der Waals surface area contributed by atoms with Gasteiger partial charge in [-0.1, -0.05) is 50.1 Å². The molecule has 1 fully saturated rings. The summed E-state index contributed by atoms with van der Waals surface area (Å²) in [6, 6.07) is 7.21. The Hall–Kier alpha value is -3.14. The molecular formula is C24H29N5O4S. The van der Waals surface area contributed by atoms with Gasteiger partial charge in [0.25, 0.3) is 11.1 Å². The van der Waals surface area contributed by atoms with Crippen LogP contribution in [0.3, 0.4) is 0 Å².